The molecule has 0 saturated heterocycles. The van der Waals surface area contributed by atoms with Gasteiger partial charge in [0, 0.05) is 29.4 Å². The summed E-state index contributed by atoms with van der Waals surface area (Å²) in [6.45, 7) is 3.42. The minimum atomic E-state index is -0.0568. The molecule has 2 rings (SSSR count). The number of Topliss-reactive ketones (excluding diaryl/α,β-unsaturated/α-hetero) is 1. The first-order valence-electron chi connectivity index (χ1n) is 5.13. The lowest BCUT2D eigenvalue weighted by molar-refractivity contribution is -0.117. The monoisotopic (exact) mass is 281 g/mol. The summed E-state index contributed by atoms with van der Waals surface area (Å²) in [5, 5.41) is 0. The number of fused-ring (bicyclic) bond motifs is 1. The van der Waals surface area contributed by atoms with Crippen LogP contribution in [0.4, 0.5) is 5.69 Å². The number of rotatable bonds is 0. The number of carbonyl (C=O) groups is 2. The lowest BCUT2D eigenvalue weighted by Gasteiger charge is -2.33. The average Bonchev–Trinajstić information content (AvgIpc) is 2.18. The molecule has 0 saturated carbocycles. The highest BCUT2D eigenvalue weighted by Gasteiger charge is 2.30. The van der Waals surface area contributed by atoms with Gasteiger partial charge >= 0.3 is 0 Å². The molecule has 0 aliphatic carbocycles. The second kappa shape index (κ2) is 4.01. The zero-order chi connectivity index (χ0) is 11.9. The van der Waals surface area contributed by atoms with E-state index in [-0.39, 0.29) is 17.7 Å². The van der Waals surface area contributed by atoms with Crippen molar-refractivity contribution < 1.29 is 9.59 Å². The fourth-order valence-corrected chi connectivity index (χ4v) is 2.49. The molecule has 4 heteroatoms. The van der Waals surface area contributed by atoms with Crippen molar-refractivity contribution in [2.45, 2.75) is 26.3 Å². The van der Waals surface area contributed by atoms with E-state index in [1.165, 1.54) is 6.92 Å². The van der Waals surface area contributed by atoms with Crippen LogP contribution in [0.2, 0.25) is 0 Å². The van der Waals surface area contributed by atoms with Gasteiger partial charge in [-0.1, -0.05) is 15.9 Å². The number of halogens is 1. The van der Waals surface area contributed by atoms with Crippen LogP contribution < -0.4 is 4.90 Å². The van der Waals surface area contributed by atoms with Gasteiger partial charge in [0.15, 0.2) is 5.78 Å². The van der Waals surface area contributed by atoms with Crippen LogP contribution in [0, 0.1) is 0 Å². The SMILES string of the molecule is CC(=O)N1c2ccc(Br)cc2C(=O)CC1C. The summed E-state index contributed by atoms with van der Waals surface area (Å²) in [7, 11) is 0. The summed E-state index contributed by atoms with van der Waals surface area (Å²) in [6, 6.07) is 5.38. The van der Waals surface area contributed by atoms with Crippen LogP contribution >= 0.6 is 15.9 Å². The van der Waals surface area contributed by atoms with Gasteiger partial charge in [0.1, 0.15) is 0 Å². The summed E-state index contributed by atoms with van der Waals surface area (Å²) in [4.78, 5) is 25.1. The molecule has 1 aromatic carbocycles. The van der Waals surface area contributed by atoms with E-state index < -0.39 is 0 Å². The quantitative estimate of drug-likeness (QED) is 0.733. The largest absolute Gasteiger partial charge is 0.309 e. The van der Waals surface area contributed by atoms with Crippen LogP contribution in [0.25, 0.3) is 0 Å². The predicted molar refractivity (Wildman–Crippen MR) is 65.7 cm³/mol. The van der Waals surface area contributed by atoms with Crippen LogP contribution in [0.1, 0.15) is 30.6 Å². The van der Waals surface area contributed by atoms with Crippen molar-refractivity contribution in [2.75, 3.05) is 4.90 Å². The molecule has 0 spiro atoms. The van der Waals surface area contributed by atoms with Crippen molar-refractivity contribution in [1.82, 2.24) is 0 Å². The van der Waals surface area contributed by atoms with Crippen molar-refractivity contribution in [1.29, 1.82) is 0 Å². The summed E-state index contributed by atoms with van der Waals surface area (Å²) < 4.78 is 0.859. The Balaban J connectivity index is 2.59. The minimum absolute atomic E-state index is 0.0245. The van der Waals surface area contributed by atoms with Gasteiger partial charge in [-0.05, 0) is 25.1 Å². The molecule has 1 heterocycles. The smallest absolute Gasteiger partial charge is 0.224 e. The Bertz CT molecular complexity index is 470. The molecule has 1 aromatic rings. The number of ketones is 1. The van der Waals surface area contributed by atoms with E-state index in [1.54, 1.807) is 11.0 Å². The molecule has 1 aliphatic rings. The lowest BCUT2D eigenvalue weighted by Crippen LogP contribution is -2.42. The van der Waals surface area contributed by atoms with Crippen LogP contribution in [0.3, 0.4) is 0 Å². The fraction of sp³-hybridized carbons (Fsp3) is 0.333. The zero-order valence-electron chi connectivity index (χ0n) is 9.16. The highest BCUT2D eigenvalue weighted by atomic mass is 79.9. The topological polar surface area (TPSA) is 37.4 Å². The van der Waals surface area contributed by atoms with Gasteiger partial charge in [0.25, 0.3) is 0 Å². The Kier molecular flexibility index (Phi) is 2.84. The molecule has 1 unspecified atom stereocenters. The van der Waals surface area contributed by atoms with Crippen LogP contribution in [-0.4, -0.2) is 17.7 Å². The van der Waals surface area contributed by atoms with Gasteiger partial charge < -0.3 is 4.90 Å². The highest BCUT2D eigenvalue weighted by molar-refractivity contribution is 9.10. The summed E-state index contributed by atoms with van der Waals surface area (Å²) in [6.07, 6.45) is 0.392. The van der Waals surface area contributed by atoms with Gasteiger partial charge in [0.05, 0.1) is 5.69 Å². The van der Waals surface area contributed by atoms with Gasteiger partial charge in [-0.2, -0.15) is 0 Å². The van der Waals surface area contributed by atoms with Crippen LogP contribution in [0.5, 0.6) is 0 Å². The molecule has 1 aliphatic heterocycles. The number of carbonyl (C=O) groups excluding carboxylic acids is 2. The van der Waals surface area contributed by atoms with E-state index in [2.05, 4.69) is 15.9 Å². The van der Waals surface area contributed by atoms with E-state index in [0.29, 0.717) is 12.0 Å². The van der Waals surface area contributed by atoms with E-state index in [1.807, 2.05) is 19.1 Å². The molecule has 0 bridgehead atoms. The lowest BCUT2D eigenvalue weighted by atomic mass is 9.95. The predicted octanol–water partition coefficient (Wildman–Crippen LogP) is 2.78. The number of benzene rings is 1. The van der Waals surface area contributed by atoms with Crippen molar-refractivity contribution in [3.63, 3.8) is 0 Å². The first-order valence-corrected chi connectivity index (χ1v) is 5.92. The van der Waals surface area contributed by atoms with Crippen LogP contribution in [0.15, 0.2) is 22.7 Å². The molecule has 3 nitrogen and oxygen atoms in total. The Labute approximate surface area is 103 Å². The van der Waals surface area contributed by atoms with E-state index in [4.69, 9.17) is 0 Å². The second-order valence-electron chi connectivity index (χ2n) is 4.03. The Morgan fingerprint density at radius 1 is 1.50 bits per heavy atom. The number of anilines is 1. The molecular weight excluding hydrogens is 270 g/mol. The Hall–Kier alpha value is -1.16. The first kappa shape index (κ1) is 11.3. The second-order valence-corrected chi connectivity index (χ2v) is 4.94. The normalized spacial score (nSPS) is 19.6. The maximum absolute atomic E-state index is 11.9. The number of amides is 1. The van der Waals surface area contributed by atoms with Gasteiger partial charge in [-0.3, -0.25) is 9.59 Å². The van der Waals surface area contributed by atoms with Gasteiger partial charge in [0.2, 0.25) is 5.91 Å². The standard InChI is InChI=1S/C12H12BrNO2/c1-7-5-12(16)10-6-9(13)3-4-11(10)14(7)8(2)15/h3-4,6-7H,5H2,1-2H3. The minimum Gasteiger partial charge on any atom is -0.309 e. The van der Waals surface area contributed by atoms with Crippen molar-refractivity contribution in [3.05, 3.63) is 28.2 Å². The molecule has 0 radical (unpaired) electrons. The molecule has 0 fully saturated rings. The zero-order valence-corrected chi connectivity index (χ0v) is 10.7. The highest BCUT2D eigenvalue weighted by Crippen LogP contribution is 2.32. The summed E-state index contributed by atoms with van der Waals surface area (Å²) in [5.41, 5.74) is 1.35. The molecular formula is C12H12BrNO2. The third kappa shape index (κ3) is 1.78. The molecule has 0 N–H and O–H groups in total. The van der Waals surface area contributed by atoms with Crippen molar-refractivity contribution in [3.8, 4) is 0 Å². The fourth-order valence-electron chi connectivity index (χ4n) is 2.13. The average molecular weight is 282 g/mol. The number of hydrogen-bond acceptors (Lipinski definition) is 2. The maximum Gasteiger partial charge on any atom is 0.224 e. The summed E-state index contributed by atoms with van der Waals surface area (Å²) >= 11 is 3.33. The van der Waals surface area contributed by atoms with E-state index >= 15 is 0 Å². The third-order valence-electron chi connectivity index (χ3n) is 2.78. The first-order chi connectivity index (χ1) is 7.50. The molecule has 1 atom stereocenters. The summed E-state index contributed by atoms with van der Waals surface area (Å²) in [5.74, 6) is 0.0740. The van der Waals surface area contributed by atoms with Crippen LogP contribution in [-0.2, 0) is 4.79 Å². The van der Waals surface area contributed by atoms with E-state index in [0.717, 1.165) is 10.2 Å². The Morgan fingerprint density at radius 2 is 2.19 bits per heavy atom. The maximum atomic E-state index is 11.9. The van der Waals surface area contributed by atoms with Crippen molar-refractivity contribution >= 4 is 33.3 Å². The number of hydrogen-bond donors (Lipinski definition) is 0. The van der Waals surface area contributed by atoms with Crippen molar-refractivity contribution in [2.24, 2.45) is 0 Å². The van der Waals surface area contributed by atoms with E-state index in [9.17, 15) is 9.59 Å². The Morgan fingerprint density at radius 3 is 2.81 bits per heavy atom. The molecule has 84 valence electrons. The third-order valence-corrected chi connectivity index (χ3v) is 3.27. The van der Waals surface area contributed by atoms with Gasteiger partial charge in [-0.15, -0.1) is 0 Å². The van der Waals surface area contributed by atoms with Gasteiger partial charge in [-0.25, -0.2) is 0 Å². The molecule has 16 heavy (non-hydrogen) atoms. The molecule has 1 amide bonds. The molecule has 0 aromatic heterocycles. The number of nitrogens with zero attached hydrogens (tertiary/aromatic N) is 1.